The van der Waals surface area contributed by atoms with E-state index < -0.39 is 0 Å². The predicted molar refractivity (Wildman–Crippen MR) is 88.6 cm³/mol. The first-order chi connectivity index (χ1) is 11.1. The van der Waals surface area contributed by atoms with Crippen molar-refractivity contribution in [1.29, 1.82) is 0 Å². The third-order valence-corrected chi connectivity index (χ3v) is 4.37. The number of aryl methyl sites for hydroxylation is 1. The Hall–Kier alpha value is -2.14. The molecule has 1 fully saturated rings. The van der Waals surface area contributed by atoms with Gasteiger partial charge >= 0.3 is 0 Å². The van der Waals surface area contributed by atoms with Gasteiger partial charge in [-0.1, -0.05) is 0 Å². The van der Waals surface area contributed by atoms with Gasteiger partial charge in [-0.2, -0.15) is 0 Å². The number of aromatic nitrogens is 1. The van der Waals surface area contributed by atoms with Gasteiger partial charge in [-0.05, 0) is 57.1 Å². The quantitative estimate of drug-likeness (QED) is 0.925. The van der Waals surface area contributed by atoms with E-state index in [2.05, 4.69) is 5.32 Å². The molecule has 1 amide bonds. The predicted octanol–water partition coefficient (Wildman–Crippen LogP) is 2.67. The van der Waals surface area contributed by atoms with Crippen molar-refractivity contribution in [2.24, 2.45) is 0 Å². The van der Waals surface area contributed by atoms with Gasteiger partial charge in [-0.25, -0.2) is 4.39 Å². The maximum atomic E-state index is 13.1. The van der Waals surface area contributed by atoms with Crippen LogP contribution in [-0.4, -0.2) is 41.6 Å². The first-order valence-corrected chi connectivity index (χ1v) is 8.03. The minimum absolute atomic E-state index is 0.0789. The summed E-state index contributed by atoms with van der Waals surface area (Å²) in [6.45, 7) is 7.22. The van der Waals surface area contributed by atoms with E-state index >= 15 is 0 Å². The van der Waals surface area contributed by atoms with Gasteiger partial charge in [-0.15, -0.1) is 0 Å². The van der Waals surface area contributed by atoms with Gasteiger partial charge in [0.1, 0.15) is 5.82 Å². The number of rotatable bonds is 2. The second-order valence-corrected chi connectivity index (χ2v) is 5.99. The van der Waals surface area contributed by atoms with E-state index in [-0.39, 0.29) is 11.7 Å². The Kier molecular flexibility index (Phi) is 4.48. The van der Waals surface area contributed by atoms with Gasteiger partial charge in [-0.3, -0.25) is 4.79 Å². The highest BCUT2D eigenvalue weighted by Crippen LogP contribution is 2.22. The molecule has 5 heteroatoms. The molecule has 0 bridgehead atoms. The molecule has 2 aromatic rings. The van der Waals surface area contributed by atoms with Crippen molar-refractivity contribution in [3.63, 3.8) is 0 Å². The van der Waals surface area contributed by atoms with Crippen LogP contribution in [0.2, 0.25) is 0 Å². The molecular formula is C18H22FN3O. The molecule has 1 N–H and O–H groups in total. The van der Waals surface area contributed by atoms with Crippen LogP contribution in [0.25, 0.3) is 5.69 Å². The lowest BCUT2D eigenvalue weighted by Gasteiger charge is -2.20. The Morgan fingerprint density at radius 1 is 1.13 bits per heavy atom. The molecule has 1 aromatic heterocycles. The van der Waals surface area contributed by atoms with E-state index in [1.165, 1.54) is 12.1 Å². The first kappa shape index (κ1) is 15.7. The Morgan fingerprint density at radius 3 is 2.61 bits per heavy atom. The zero-order chi connectivity index (χ0) is 16.4. The van der Waals surface area contributed by atoms with Crippen LogP contribution in [0.15, 0.2) is 30.3 Å². The smallest absolute Gasteiger partial charge is 0.255 e. The third-order valence-electron chi connectivity index (χ3n) is 4.37. The van der Waals surface area contributed by atoms with Crippen molar-refractivity contribution >= 4 is 5.91 Å². The number of carbonyl (C=O) groups excluding carboxylic acids is 1. The number of nitrogens with zero attached hydrogens (tertiary/aromatic N) is 2. The second-order valence-electron chi connectivity index (χ2n) is 5.99. The molecule has 1 aliphatic heterocycles. The second kappa shape index (κ2) is 6.54. The normalized spacial score (nSPS) is 15.5. The summed E-state index contributed by atoms with van der Waals surface area (Å²) in [5, 5.41) is 3.31. The summed E-state index contributed by atoms with van der Waals surface area (Å²) >= 11 is 0. The molecule has 0 unspecified atom stereocenters. The van der Waals surface area contributed by atoms with Gasteiger partial charge in [0.05, 0.1) is 5.56 Å². The lowest BCUT2D eigenvalue weighted by molar-refractivity contribution is 0.0765. The number of halogens is 1. The fourth-order valence-corrected chi connectivity index (χ4v) is 3.19. The van der Waals surface area contributed by atoms with E-state index in [0.29, 0.717) is 0 Å². The lowest BCUT2D eigenvalue weighted by atomic mass is 10.2. The van der Waals surface area contributed by atoms with E-state index in [1.807, 2.05) is 29.4 Å². The van der Waals surface area contributed by atoms with E-state index in [4.69, 9.17) is 0 Å². The van der Waals surface area contributed by atoms with Crippen LogP contribution in [0, 0.1) is 19.7 Å². The van der Waals surface area contributed by atoms with E-state index in [1.54, 1.807) is 12.1 Å². The van der Waals surface area contributed by atoms with Crippen LogP contribution < -0.4 is 5.32 Å². The van der Waals surface area contributed by atoms with Crippen LogP contribution >= 0.6 is 0 Å². The minimum atomic E-state index is -0.260. The number of nitrogens with one attached hydrogen (secondary N) is 1. The largest absolute Gasteiger partial charge is 0.337 e. The number of hydrogen-bond donors (Lipinski definition) is 1. The molecule has 0 aliphatic carbocycles. The molecule has 1 aromatic carbocycles. The van der Waals surface area contributed by atoms with E-state index in [9.17, 15) is 9.18 Å². The fraction of sp³-hybridized carbons (Fsp3) is 0.389. The molecule has 1 aliphatic rings. The molecule has 3 rings (SSSR count). The highest BCUT2D eigenvalue weighted by atomic mass is 19.1. The first-order valence-electron chi connectivity index (χ1n) is 8.03. The van der Waals surface area contributed by atoms with Crippen molar-refractivity contribution in [2.75, 3.05) is 26.2 Å². The number of benzene rings is 1. The maximum Gasteiger partial charge on any atom is 0.255 e. The standard InChI is InChI=1S/C18H22FN3O/c1-13-12-17(18(23)21-10-3-8-20-9-11-21)14(2)22(13)16-6-4-15(19)5-7-16/h4-7,12,20H,3,8-11H2,1-2H3. The average molecular weight is 315 g/mol. The van der Waals surface area contributed by atoms with Crippen LogP contribution in [-0.2, 0) is 0 Å². The number of carbonyl (C=O) groups is 1. The SMILES string of the molecule is Cc1cc(C(=O)N2CCCNCC2)c(C)n1-c1ccc(F)cc1. The summed E-state index contributed by atoms with van der Waals surface area (Å²) in [5.74, 6) is -0.181. The molecule has 0 radical (unpaired) electrons. The Bertz CT molecular complexity index is 698. The van der Waals surface area contributed by atoms with Crippen molar-refractivity contribution in [1.82, 2.24) is 14.8 Å². The van der Waals surface area contributed by atoms with Crippen LogP contribution in [0.1, 0.15) is 28.2 Å². The lowest BCUT2D eigenvalue weighted by Crippen LogP contribution is -2.34. The summed E-state index contributed by atoms with van der Waals surface area (Å²) in [7, 11) is 0. The van der Waals surface area contributed by atoms with Crippen molar-refractivity contribution in [2.45, 2.75) is 20.3 Å². The highest BCUT2D eigenvalue weighted by molar-refractivity contribution is 5.96. The number of amides is 1. The van der Waals surface area contributed by atoms with E-state index in [0.717, 1.165) is 55.2 Å². The molecule has 4 nitrogen and oxygen atoms in total. The molecule has 1 saturated heterocycles. The molecule has 23 heavy (non-hydrogen) atoms. The molecule has 0 saturated carbocycles. The van der Waals surface area contributed by atoms with Gasteiger partial charge in [0.25, 0.3) is 5.91 Å². The average Bonchev–Trinajstić information content (AvgIpc) is 2.74. The summed E-state index contributed by atoms with van der Waals surface area (Å²) in [6.07, 6.45) is 0.975. The summed E-state index contributed by atoms with van der Waals surface area (Å²) in [5.41, 5.74) is 3.48. The maximum absolute atomic E-state index is 13.1. The molecule has 2 heterocycles. The molecular weight excluding hydrogens is 293 g/mol. The summed E-state index contributed by atoms with van der Waals surface area (Å²) in [4.78, 5) is 14.8. The van der Waals surface area contributed by atoms with Crippen LogP contribution in [0.4, 0.5) is 4.39 Å². The molecule has 0 spiro atoms. The van der Waals surface area contributed by atoms with Crippen molar-refractivity contribution in [3.05, 3.63) is 53.1 Å². The third kappa shape index (κ3) is 3.15. The highest BCUT2D eigenvalue weighted by Gasteiger charge is 2.22. The summed E-state index contributed by atoms with van der Waals surface area (Å²) in [6, 6.07) is 8.28. The Labute approximate surface area is 135 Å². The zero-order valence-electron chi connectivity index (χ0n) is 13.6. The molecule has 122 valence electrons. The zero-order valence-corrected chi connectivity index (χ0v) is 13.6. The van der Waals surface area contributed by atoms with Gasteiger partial charge < -0.3 is 14.8 Å². The van der Waals surface area contributed by atoms with Gasteiger partial charge in [0.2, 0.25) is 0 Å². The topological polar surface area (TPSA) is 37.3 Å². The Balaban J connectivity index is 1.93. The fourth-order valence-electron chi connectivity index (χ4n) is 3.19. The molecule has 0 atom stereocenters. The Morgan fingerprint density at radius 2 is 1.87 bits per heavy atom. The monoisotopic (exact) mass is 315 g/mol. The van der Waals surface area contributed by atoms with Crippen LogP contribution in [0.3, 0.4) is 0 Å². The van der Waals surface area contributed by atoms with Gasteiger partial charge in [0, 0.05) is 36.7 Å². The minimum Gasteiger partial charge on any atom is -0.337 e. The van der Waals surface area contributed by atoms with Gasteiger partial charge in [0.15, 0.2) is 0 Å². The van der Waals surface area contributed by atoms with Crippen LogP contribution in [0.5, 0.6) is 0 Å². The van der Waals surface area contributed by atoms with Crippen molar-refractivity contribution in [3.8, 4) is 5.69 Å². The van der Waals surface area contributed by atoms with Crippen molar-refractivity contribution < 1.29 is 9.18 Å². The number of hydrogen-bond acceptors (Lipinski definition) is 2. The summed E-state index contributed by atoms with van der Waals surface area (Å²) < 4.78 is 15.1.